The molecule has 1 aromatic carbocycles. The van der Waals surface area contributed by atoms with Gasteiger partial charge in [-0.15, -0.1) is 0 Å². The number of hydrogen-bond acceptors (Lipinski definition) is 4. The largest absolute Gasteiger partial charge is 0.338 e. The standard InChI is InChI=1S/C15H19N3O/c1-2-16-10-14-17-15(18-19-14)13-8-7-11-5-3-4-6-12(11)9-13/h3-6,13,16H,2,7-10H2,1H3. The summed E-state index contributed by atoms with van der Waals surface area (Å²) in [5.41, 5.74) is 2.90. The summed E-state index contributed by atoms with van der Waals surface area (Å²) in [7, 11) is 0. The highest BCUT2D eigenvalue weighted by Crippen LogP contribution is 2.30. The summed E-state index contributed by atoms with van der Waals surface area (Å²) in [6.45, 7) is 3.64. The second-order valence-electron chi connectivity index (χ2n) is 5.04. The van der Waals surface area contributed by atoms with Gasteiger partial charge in [0.1, 0.15) is 0 Å². The minimum absolute atomic E-state index is 0.397. The van der Waals surface area contributed by atoms with E-state index in [2.05, 4.69) is 46.6 Å². The Morgan fingerprint density at radius 3 is 3.00 bits per heavy atom. The summed E-state index contributed by atoms with van der Waals surface area (Å²) in [5, 5.41) is 7.34. The van der Waals surface area contributed by atoms with Crippen LogP contribution in [0.4, 0.5) is 0 Å². The fraction of sp³-hybridized carbons (Fsp3) is 0.467. The van der Waals surface area contributed by atoms with Crippen molar-refractivity contribution in [3.63, 3.8) is 0 Å². The number of rotatable bonds is 4. The van der Waals surface area contributed by atoms with Crippen molar-refractivity contribution in [2.75, 3.05) is 6.54 Å². The number of fused-ring (bicyclic) bond motifs is 1. The van der Waals surface area contributed by atoms with Crippen molar-refractivity contribution in [2.24, 2.45) is 0 Å². The molecule has 0 bridgehead atoms. The Bertz CT molecular complexity index is 550. The lowest BCUT2D eigenvalue weighted by atomic mass is 9.83. The molecule has 4 nitrogen and oxygen atoms in total. The third-order valence-corrected chi connectivity index (χ3v) is 3.72. The van der Waals surface area contributed by atoms with E-state index in [0.717, 1.165) is 31.6 Å². The Morgan fingerprint density at radius 2 is 2.16 bits per heavy atom. The first-order valence-corrected chi connectivity index (χ1v) is 6.96. The molecule has 3 rings (SSSR count). The van der Waals surface area contributed by atoms with Gasteiger partial charge < -0.3 is 9.84 Å². The summed E-state index contributed by atoms with van der Waals surface area (Å²) in [5.74, 6) is 1.95. The van der Waals surface area contributed by atoms with E-state index in [1.807, 2.05) is 0 Å². The topological polar surface area (TPSA) is 51.0 Å². The van der Waals surface area contributed by atoms with Crippen molar-refractivity contribution in [2.45, 2.75) is 38.6 Å². The first-order chi connectivity index (χ1) is 9.36. The van der Waals surface area contributed by atoms with Gasteiger partial charge in [-0.2, -0.15) is 4.98 Å². The molecule has 1 aromatic heterocycles. The first-order valence-electron chi connectivity index (χ1n) is 6.96. The number of nitrogens with one attached hydrogen (secondary N) is 1. The van der Waals surface area contributed by atoms with Crippen LogP contribution in [0.5, 0.6) is 0 Å². The molecule has 0 saturated heterocycles. The third kappa shape index (κ3) is 2.68. The van der Waals surface area contributed by atoms with Gasteiger partial charge in [0.2, 0.25) is 5.89 Å². The molecule has 1 N–H and O–H groups in total. The highest BCUT2D eigenvalue weighted by atomic mass is 16.5. The molecular weight excluding hydrogens is 238 g/mol. The quantitative estimate of drug-likeness (QED) is 0.914. The van der Waals surface area contributed by atoms with E-state index in [1.165, 1.54) is 11.1 Å². The van der Waals surface area contributed by atoms with Crippen LogP contribution in [0.2, 0.25) is 0 Å². The first kappa shape index (κ1) is 12.4. The molecule has 1 aliphatic rings. The molecule has 0 saturated carbocycles. The van der Waals surface area contributed by atoms with Crippen LogP contribution in [-0.4, -0.2) is 16.7 Å². The highest BCUT2D eigenvalue weighted by Gasteiger charge is 2.23. The fourth-order valence-electron chi connectivity index (χ4n) is 2.66. The minimum Gasteiger partial charge on any atom is -0.338 e. The van der Waals surface area contributed by atoms with Gasteiger partial charge in [0, 0.05) is 5.92 Å². The number of aromatic nitrogens is 2. The Hall–Kier alpha value is -1.68. The van der Waals surface area contributed by atoms with Crippen molar-refractivity contribution >= 4 is 0 Å². The third-order valence-electron chi connectivity index (χ3n) is 3.72. The number of benzene rings is 1. The molecule has 1 unspecified atom stereocenters. The van der Waals surface area contributed by atoms with Gasteiger partial charge in [0.15, 0.2) is 5.82 Å². The number of hydrogen-bond donors (Lipinski definition) is 1. The van der Waals surface area contributed by atoms with Gasteiger partial charge in [-0.1, -0.05) is 36.3 Å². The van der Waals surface area contributed by atoms with Gasteiger partial charge in [0.25, 0.3) is 0 Å². The van der Waals surface area contributed by atoms with Crippen molar-refractivity contribution in [3.05, 3.63) is 47.1 Å². The maximum Gasteiger partial charge on any atom is 0.240 e. The SMILES string of the molecule is CCNCc1nc(C2CCc3ccccc3C2)no1. The van der Waals surface area contributed by atoms with Crippen LogP contribution in [0.1, 0.15) is 42.1 Å². The van der Waals surface area contributed by atoms with Crippen LogP contribution >= 0.6 is 0 Å². The predicted octanol–water partition coefficient (Wildman–Crippen LogP) is 2.45. The predicted molar refractivity (Wildman–Crippen MR) is 72.9 cm³/mol. The van der Waals surface area contributed by atoms with Gasteiger partial charge in [-0.25, -0.2) is 0 Å². The summed E-state index contributed by atoms with van der Waals surface area (Å²) in [6.07, 6.45) is 3.24. The van der Waals surface area contributed by atoms with E-state index in [4.69, 9.17) is 4.52 Å². The molecule has 100 valence electrons. The zero-order chi connectivity index (χ0) is 13.1. The number of nitrogens with zero attached hydrogens (tertiary/aromatic N) is 2. The summed E-state index contributed by atoms with van der Waals surface area (Å²) in [6, 6.07) is 8.65. The lowest BCUT2D eigenvalue weighted by Crippen LogP contribution is -2.14. The minimum atomic E-state index is 0.397. The maximum atomic E-state index is 5.28. The zero-order valence-corrected chi connectivity index (χ0v) is 11.2. The van der Waals surface area contributed by atoms with Crippen molar-refractivity contribution in [3.8, 4) is 0 Å². The van der Waals surface area contributed by atoms with Crippen molar-refractivity contribution in [1.82, 2.24) is 15.5 Å². The Morgan fingerprint density at radius 1 is 1.32 bits per heavy atom. The molecule has 1 aliphatic carbocycles. The van der Waals surface area contributed by atoms with Crippen LogP contribution in [-0.2, 0) is 19.4 Å². The smallest absolute Gasteiger partial charge is 0.240 e. The Labute approximate surface area is 113 Å². The summed E-state index contributed by atoms with van der Waals surface area (Å²) >= 11 is 0. The van der Waals surface area contributed by atoms with Crippen LogP contribution < -0.4 is 5.32 Å². The van der Waals surface area contributed by atoms with Gasteiger partial charge in [-0.05, 0) is 36.9 Å². The van der Waals surface area contributed by atoms with E-state index in [-0.39, 0.29) is 0 Å². The van der Waals surface area contributed by atoms with Gasteiger partial charge in [-0.3, -0.25) is 0 Å². The lowest BCUT2D eigenvalue weighted by Gasteiger charge is -2.21. The zero-order valence-electron chi connectivity index (χ0n) is 11.2. The molecule has 2 aromatic rings. The lowest BCUT2D eigenvalue weighted by molar-refractivity contribution is 0.359. The molecule has 1 atom stereocenters. The summed E-state index contributed by atoms with van der Waals surface area (Å²) in [4.78, 5) is 4.50. The van der Waals surface area contributed by atoms with Crippen LogP contribution in [0.3, 0.4) is 0 Å². The van der Waals surface area contributed by atoms with Crippen LogP contribution in [0.25, 0.3) is 0 Å². The molecule has 0 spiro atoms. The second-order valence-corrected chi connectivity index (χ2v) is 5.04. The second kappa shape index (κ2) is 5.53. The molecule has 0 aliphatic heterocycles. The van der Waals surface area contributed by atoms with E-state index >= 15 is 0 Å². The molecule has 0 radical (unpaired) electrons. The van der Waals surface area contributed by atoms with E-state index < -0.39 is 0 Å². The molecular formula is C15H19N3O. The monoisotopic (exact) mass is 257 g/mol. The Balaban J connectivity index is 1.72. The summed E-state index contributed by atoms with van der Waals surface area (Å²) < 4.78 is 5.28. The molecule has 4 heteroatoms. The fourth-order valence-corrected chi connectivity index (χ4v) is 2.66. The van der Waals surface area contributed by atoms with Crippen molar-refractivity contribution < 1.29 is 4.52 Å². The van der Waals surface area contributed by atoms with Crippen LogP contribution in [0, 0.1) is 0 Å². The average molecular weight is 257 g/mol. The normalized spacial score (nSPS) is 18.3. The van der Waals surface area contributed by atoms with Crippen molar-refractivity contribution in [1.29, 1.82) is 0 Å². The van der Waals surface area contributed by atoms with Gasteiger partial charge in [0.05, 0.1) is 6.54 Å². The van der Waals surface area contributed by atoms with Crippen LogP contribution in [0.15, 0.2) is 28.8 Å². The van der Waals surface area contributed by atoms with Gasteiger partial charge >= 0.3 is 0 Å². The molecule has 0 fully saturated rings. The Kier molecular flexibility index (Phi) is 3.60. The molecule has 0 amide bonds. The molecule has 19 heavy (non-hydrogen) atoms. The van der Waals surface area contributed by atoms with E-state index in [0.29, 0.717) is 18.4 Å². The maximum absolute atomic E-state index is 5.28. The number of aryl methyl sites for hydroxylation is 1. The highest BCUT2D eigenvalue weighted by molar-refractivity contribution is 5.31. The molecule has 1 heterocycles. The van der Waals surface area contributed by atoms with E-state index in [1.54, 1.807) is 0 Å². The van der Waals surface area contributed by atoms with E-state index in [9.17, 15) is 0 Å². The average Bonchev–Trinajstić information content (AvgIpc) is 2.93.